The second-order valence-electron chi connectivity index (χ2n) is 4.67. The van der Waals surface area contributed by atoms with Gasteiger partial charge in [-0.25, -0.2) is 5.43 Å². The summed E-state index contributed by atoms with van der Waals surface area (Å²) in [6, 6.07) is 7.30. The van der Waals surface area contributed by atoms with Gasteiger partial charge in [-0.05, 0) is 18.6 Å². The van der Waals surface area contributed by atoms with Gasteiger partial charge in [-0.1, -0.05) is 29.8 Å². The molecule has 0 aliphatic carbocycles. The molecule has 0 aromatic heterocycles. The van der Waals surface area contributed by atoms with Gasteiger partial charge < -0.3 is 10.1 Å². The minimum absolute atomic E-state index is 0.106. The predicted octanol–water partition coefficient (Wildman–Crippen LogP) is 1.87. The maximum atomic E-state index is 11.8. The number of carbonyl (C=O) groups is 2. The van der Waals surface area contributed by atoms with Crippen molar-refractivity contribution in [3.05, 3.63) is 34.9 Å². The first-order valence-electron chi connectivity index (χ1n) is 6.84. The summed E-state index contributed by atoms with van der Waals surface area (Å²) in [6.45, 7) is 2.36. The van der Waals surface area contributed by atoms with Crippen molar-refractivity contribution in [2.24, 2.45) is 5.10 Å². The molecule has 22 heavy (non-hydrogen) atoms. The number of hydrazone groups is 1. The third-order valence-corrected chi connectivity index (χ3v) is 3.12. The first-order chi connectivity index (χ1) is 10.5. The van der Waals surface area contributed by atoms with E-state index in [9.17, 15) is 9.59 Å². The minimum Gasteiger partial charge on any atom is -0.384 e. The van der Waals surface area contributed by atoms with Crippen LogP contribution in [-0.2, 0) is 20.9 Å². The molecule has 0 aliphatic heterocycles. The lowest BCUT2D eigenvalue weighted by Crippen LogP contribution is -2.26. The molecule has 2 amide bonds. The Labute approximate surface area is 134 Å². The van der Waals surface area contributed by atoms with Gasteiger partial charge in [0.1, 0.15) is 0 Å². The van der Waals surface area contributed by atoms with Crippen LogP contribution in [0.1, 0.15) is 25.3 Å². The Morgan fingerprint density at radius 2 is 2.00 bits per heavy atom. The summed E-state index contributed by atoms with van der Waals surface area (Å²) in [5.74, 6) is -0.440. The molecule has 0 unspecified atom stereocenters. The number of carbonyl (C=O) groups excluding carboxylic acids is 2. The van der Waals surface area contributed by atoms with E-state index in [0.717, 1.165) is 5.56 Å². The number of hydrogen-bond donors (Lipinski definition) is 2. The minimum atomic E-state index is -0.252. The topological polar surface area (TPSA) is 79.8 Å². The highest BCUT2D eigenvalue weighted by molar-refractivity contribution is 6.31. The smallest absolute Gasteiger partial charge is 0.242 e. The molecule has 1 aromatic rings. The highest BCUT2D eigenvalue weighted by atomic mass is 35.5. The van der Waals surface area contributed by atoms with Gasteiger partial charge in [-0.3, -0.25) is 9.59 Å². The Balaban J connectivity index is 2.35. The first-order valence-corrected chi connectivity index (χ1v) is 7.21. The zero-order chi connectivity index (χ0) is 16.4. The van der Waals surface area contributed by atoms with Gasteiger partial charge in [-0.15, -0.1) is 0 Å². The van der Waals surface area contributed by atoms with E-state index < -0.39 is 0 Å². The molecule has 0 fully saturated rings. The van der Waals surface area contributed by atoms with Gasteiger partial charge in [-0.2, -0.15) is 5.10 Å². The lowest BCUT2D eigenvalue weighted by molar-refractivity contribution is -0.122. The van der Waals surface area contributed by atoms with Crippen molar-refractivity contribution in [1.29, 1.82) is 0 Å². The monoisotopic (exact) mass is 325 g/mol. The molecule has 0 aliphatic rings. The van der Waals surface area contributed by atoms with Crippen LogP contribution in [0.25, 0.3) is 0 Å². The number of ether oxygens (including phenoxy) is 1. The average molecular weight is 326 g/mol. The van der Waals surface area contributed by atoms with Crippen molar-refractivity contribution in [2.75, 3.05) is 13.7 Å². The number of benzene rings is 1. The Morgan fingerprint density at radius 1 is 1.27 bits per heavy atom. The van der Waals surface area contributed by atoms with E-state index in [0.29, 0.717) is 23.9 Å². The Morgan fingerprint density at radius 3 is 2.68 bits per heavy atom. The number of rotatable bonds is 8. The molecule has 1 rings (SSSR count). The van der Waals surface area contributed by atoms with Crippen LogP contribution in [0.15, 0.2) is 29.4 Å². The fraction of sp³-hybridized carbons (Fsp3) is 0.400. The van der Waals surface area contributed by atoms with E-state index in [1.165, 1.54) is 7.11 Å². The van der Waals surface area contributed by atoms with Gasteiger partial charge in [0.05, 0.1) is 19.4 Å². The van der Waals surface area contributed by atoms with Crippen LogP contribution >= 0.6 is 11.6 Å². The van der Waals surface area contributed by atoms with Crippen molar-refractivity contribution in [1.82, 2.24) is 10.7 Å². The summed E-state index contributed by atoms with van der Waals surface area (Å²) in [6.07, 6.45) is 0.334. The maximum Gasteiger partial charge on any atom is 0.242 e. The first kappa shape index (κ1) is 18.1. The molecule has 0 heterocycles. The van der Waals surface area contributed by atoms with Crippen LogP contribution in [0.5, 0.6) is 0 Å². The van der Waals surface area contributed by atoms with Gasteiger partial charge >= 0.3 is 0 Å². The summed E-state index contributed by atoms with van der Waals surface area (Å²) in [5, 5.41) is 7.23. The second-order valence-corrected chi connectivity index (χ2v) is 5.08. The summed E-state index contributed by atoms with van der Waals surface area (Å²) in [7, 11) is 1.52. The van der Waals surface area contributed by atoms with Crippen molar-refractivity contribution < 1.29 is 14.3 Å². The lowest BCUT2D eigenvalue weighted by Gasteiger charge is -2.07. The Kier molecular flexibility index (Phi) is 8.17. The largest absolute Gasteiger partial charge is 0.384 e. The van der Waals surface area contributed by atoms with Crippen molar-refractivity contribution in [3.8, 4) is 0 Å². The summed E-state index contributed by atoms with van der Waals surface area (Å²) < 4.78 is 4.78. The van der Waals surface area contributed by atoms with Crippen LogP contribution in [0.4, 0.5) is 0 Å². The van der Waals surface area contributed by atoms with Crippen LogP contribution < -0.4 is 10.7 Å². The van der Waals surface area contributed by atoms with E-state index >= 15 is 0 Å². The molecule has 0 spiro atoms. The molecule has 120 valence electrons. The quantitative estimate of drug-likeness (QED) is 0.565. The van der Waals surface area contributed by atoms with Crippen LogP contribution in [0.2, 0.25) is 5.02 Å². The maximum absolute atomic E-state index is 11.8. The van der Waals surface area contributed by atoms with E-state index in [4.69, 9.17) is 16.3 Å². The number of hydrogen-bond acceptors (Lipinski definition) is 4. The van der Waals surface area contributed by atoms with E-state index in [2.05, 4.69) is 15.8 Å². The summed E-state index contributed by atoms with van der Waals surface area (Å²) >= 11 is 6.01. The van der Waals surface area contributed by atoms with Gasteiger partial charge in [0, 0.05) is 24.4 Å². The van der Waals surface area contributed by atoms with Crippen LogP contribution in [0, 0.1) is 0 Å². The molecule has 0 bridgehead atoms. The number of methoxy groups -OCH3 is 1. The zero-order valence-electron chi connectivity index (χ0n) is 12.7. The number of nitrogens with one attached hydrogen (secondary N) is 2. The van der Waals surface area contributed by atoms with E-state index in [-0.39, 0.29) is 24.7 Å². The molecular weight excluding hydrogens is 306 g/mol. The van der Waals surface area contributed by atoms with Gasteiger partial charge in [0.15, 0.2) is 0 Å². The van der Waals surface area contributed by atoms with Crippen LogP contribution in [-0.4, -0.2) is 31.2 Å². The molecular formula is C15H20ClN3O3. The van der Waals surface area contributed by atoms with Crippen molar-refractivity contribution >= 4 is 29.1 Å². The van der Waals surface area contributed by atoms with Crippen molar-refractivity contribution in [2.45, 2.75) is 26.3 Å². The van der Waals surface area contributed by atoms with Gasteiger partial charge in [0.25, 0.3) is 0 Å². The molecule has 2 N–H and O–H groups in total. The standard InChI is InChI=1S/C15H20ClN3O3/c1-11(18-19-14(20)7-8-22-2)9-15(21)17-10-12-5-3-4-6-13(12)16/h3-6H,7-10H2,1-2H3,(H,17,21)(H,19,20). The van der Waals surface area contributed by atoms with E-state index in [1.54, 1.807) is 13.0 Å². The normalized spacial score (nSPS) is 11.1. The molecule has 7 heteroatoms. The van der Waals surface area contributed by atoms with Crippen molar-refractivity contribution in [3.63, 3.8) is 0 Å². The Bertz CT molecular complexity index is 547. The lowest BCUT2D eigenvalue weighted by atomic mass is 10.2. The zero-order valence-corrected chi connectivity index (χ0v) is 13.4. The third-order valence-electron chi connectivity index (χ3n) is 2.75. The molecule has 0 saturated heterocycles. The average Bonchev–Trinajstić information content (AvgIpc) is 2.50. The third kappa shape index (κ3) is 7.19. The fourth-order valence-corrected chi connectivity index (χ4v) is 1.78. The molecule has 1 aromatic carbocycles. The number of amides is 2. The van der Waals surface area contributed by atoms with Crippen LogP contribution in [0.3, 0.4) is 0 Å². The summed E-state index contributed by atoms with van der Waals surface area (Å²) in [5.41, 5.74) is 3.74. The predicted molar refractivity (Wildman–Crippen MR) is 85.7 cm³/mol. The number of halogens is 1. The SMILES string of the molecule is COCCC(=O)NN=C(C)CC(=O)NCc1ccccc1Cl. The fourth-order valence-electron chi connectivity index (χ4n) is 1.58. The molecule has 0 radical (unpaired) electrons. The summed E-state index contributed by atoms with van der Waals surface area (Å²) in [4.78, 5) is 23.1. The highest BCUT2D eigenvalue weighted by Crippen LogP contribution is 2.14. The Hall–Kier alpha value is -1.92. The molecule has 6 nitrogen and oxygen atoms in total. The number of nitrogens with zero attached hydrogens (tertiary/aromatic N) is 1. The second kappa shape index (κ2) is 9.92. The molecule has 0 saturated carbocycles. The van der Waals surface area contributed by atoms with E-state index in [1.807, 2.05) is 18.2 Å². The highest BCUT2D eigenvalue weighted by Gasteiger charge is 2.06. The van der Waals surface area contributed by atoms with Gasteiger partial charge in [0.2, 0.25) is 11.8 Å². The molecule has 0 atom stereocenters.